The molecular formula is C17H18Cl2N2O. The highest BCUT2D eigenvalue weighted by Crippen LogP contribution is 2.29. The molecule has 0 heterocycles. The van der Waals surface area contributed by atoms with Crippen LogP contribution in [0.1, 0.15) is 17.5 Å². The number of halogens is 2. The Morgan fingerprint density at radius 3 is 2.23 bits per heavy atom. The summed E-state index contributed by atoms with van der Waals surface area (Å²) in [6.07, 6.45) is 0.328. The van der Waals surface area contributed by atoms with E-state index in [9.17, 15) is 4.79 Å². The van der Waals surface area contributed by atoms with Gasteiger partial charge < -0.3 is 10.6 Å². The Morgan fingerprint density at radius 1 is 1.05 bits per heavy atom. The van der Waals surface area contributed by atoms with Crippen molar-refractivity contribution in [1.29, 1.82) is 0 Å². The molecule has 0 aliphatic carbocycles. The lowest BCUT2D eigenvalue weighted by atomic mass is 10.1. The SMILES string of the molecule is Cc1cc(C)cc(NC(=O)CCNc2c(Cl)cccc2Cl)c1. The highest BCUT2D eigenvalue weighted by Gasteiger charge is 2.07. The van der Waals surface area contributed by atoms with Crippen LogP contribution in [0.4, 0.5) is 11.4 Å². The van der Waals surface area contributed by atoms with Crippen LogP contribution in [0.2, 0.25) is 10.0 Å². The first-order chi connectivity index (χ1) is 10.5. The molecule has 1 amide bonds. The van der Waals surface area contributed by atoms with Gasteiger partial charge in [-0.15, -0.1) is 0 Å². The van der Waals surface area contributed by atoms with Crippen molar-refractivity contribution < 1.29 is 4.79 Å². The van der Waals surface area contributed by atoms with Gasteiger partial charge in [-0.2, -0.15) is 0 Å². The van der Waals surface area contributed by atoms with E-state index in [0.29, 0.717) is 28.7 Å². The Bertz CT molecular complexity index is 646. The van der Waals surface area contributed by atoms with Crippen molar-refractivity contribution in [1.82, 2.24) is 0 Å². The molecule has 5 heteroatoms. The molecule has 3 nitrogen and oxygen atoms in total. The topological polar surface area (TPSA) is 41.1 Å². The van der Waals surface area contributed by atoms with Gasteiger partial charge in [0.1, 0.15) is 0 Å². The van der Waals surface area contributed by atoms with Crippen LogP contribution in [0.5, 0.6) is 0 Å². The van der Waals surface area contributed by atoms with Gasteiger partial charge >= 0.3 is 0 Å². The van der Waals surface area contributed by atoms with Gasteiger partial charge in [0, 0.05) is 18.7 Å². The Balaban J connectivity index is 1.88. The minimum atomic E-state index is -0.0549. The number of anilines is 2. The number of hydrogen-bond donors (Lipinski definition) is 2. The van der Waals surface area contributed by atoms with E-state index in [1.165, 1.54) is 0 Å². The van der Waals surface area contributed by atoms with Gasteiger partial charge in [0.2, 0.25) is 5.91 Å². The fourth-order valence-electron chi connectivity index (χ4n) is 2.24. The second-order valence-electron chi connectivity index (χ2n) is 5.20. The number of hydrogen-bond acceptors (Lipinski definition) is 2. The van der Waals surface area contributed by atoms with Gasteiger partial charge in [-0.05, 0) is 49.2 Å². The van der Waals surface area contributed by atoms with Crippen LogP contribution >= 0.6 is 23.2 Å². The third-order valence-corrected chi connectivity index (χ3v) is 3.75. The van der Waals surface area contributed by atoms with E-state index in [4.69, 9.17) is 23.2 Å². The van der Waals surface area contributed by atoms with Crippen molar-refractivity contribution in [3.8, 4) is 0 Å². The van der Waals surface area contributed by atoms with Gasteiger partial charge in [0.05, 0.1) is 15.7 Å². The summed E-state index contributed by atoms with van der Waals surface area (Å²) in [5, 5.41) is 7.08. The van der Waals surface area contributed by atoms with E-state index in [2.05, 4.69) is 16.7 Å². The summed E-state index contributed by atoms with van der Waals surface area (Å²) in [7, 11) is 0. The molecule has 116 valence electrons. The molecule has 0 unspecified atom stereocenters. The molecule has 0 bridgehead atoms. The maximum atomic E-state index is 12.0. The molecule has 0 fully saturated rings. The second-order valence-corrected chi connectivity index (χ2v) is 6.01. The minimum absolute atomic E-state index is 0.0549. The van der Waals surface area contributed by atoms with Crippen LogP contribution in [0, 0.1) is 13.8 Å². The number of rotatable bonds is 5. The molecule has 0 aromatic heterocycles. The average Bonchev–Trinajstić information content (AvgIpc) is 2.41. The fourth-order valence-corrected chi connectivity index (χ4v) is 2.77. The molecule has 0 aliphatic rings. The van der Waals surface area contributed by atoms with E-state index >= 15 is 0 Å². The zero-order valence-electron chi connectivity index (χ0n) is 12.5. The summed E-state index contributed by atoms with van der Waals surface area (Å²) in [6, 6.07) is 11.3. The van der Waals surface area contributed by atoms with E-state index in [-0.39, 0.29) is 5.91 Å². The molecule has 0 spiro atoms. The summed E-state index contributed by atoms with van der Waals surface area (Å²) in [5.74, 6) is -0.0549. The standard InChI is InChI=1S/C17H18Cl2N2O/c1-11-8-12(2)10-13(9-11)21-16(22)6-7-20-17-14(18)4-3-5-15(17)19/h3-5,8-10,20H,6-7H2,1-2H3,(H,21,22). The molecular weight excluding hydrogens is 319 g/mol. The van der Waals surface area contributed by atoms with Gasteiger partial charge in [-0.25, -0.2) is 0 Å². The lowest BCUT2D eigenvalue weighted by Gasteiger charge is -2.11. The first kappa shape index (κ1) is 16.7. The molecule has 2 aromatic rings. The van der Waals surface area contributed by atoms with E-state index in [1.807, 2.05) is 26.0 Å². The zero-order valence-corrected chi connectivity index (χ0v) is 14.1. The Hall–Kier alpha value is -1.71. The normalized spacial score (nSPS) is 10.4. The smallest absolute Gasteiger partial charge is 0.226 e. The quantitative estimate of drug-likeness (QED) is 0.801. The molecule has 0 atom stereocenters. The maximum absolute atomic E-state index is 12.0. The van der Waals surface area contributed by atoms with Crippen LogP contribution in [0.15, 0.2) is 36.4 Å². The first-order valence-corrected chi connectivity index (χ1v) is 7.77. The Labute approximate surface area is 140 Å². The number of amides is 1. The number of nitrogens with one attached hydrogen (secondary N) is 2. The lowest BCUT2D eigenvalue weighted by Crippen LogP contribution is -2.16. The van der Waals surface area contributed by atoms with Crippen LogP contribution < -0.4 is 10.6 Å². The highest BCUT2D eigenvalue weighted by atomic mass is 35.5. The van der Waals surface area contributed by atoms with Crippen molar-refractivity contribution in [2.45, 2.75) is 20.3 Å². The molecule has 22 heavy (non-hydrogen) atoms. The van der Waals surface area contributed by atoms with Gasteiger partial charge in [0.15, 0.2) is 0 Å². The molecule has 0 saturated carbocycles. The maximum Gasteiger partial charge on any atom is 0.226 e. The fraction of sp³-hybridized carbons (Fsp3) is 0.235. The molecule has 2 aromatic carbocycles. The molecule has 2 rings (SSSR count). The number of benzene rings is 2. The molecule has 0 aliphatic heterocycles. The predicted octanol–water partition coefficient (Wildman–Crippen LogP) is 5.05. The summed E-state index contributed by atoms with van der Waals surface area (Å²) in [4.78, 5) is 12.0. The van der Waals surface area contributed by atoms with Crippen molar-refractivity contribution in [3.05, 3.63) is 57.6 Å². The van der Waals surface area contributed by atoms with Crippen LogP contribution in [0.3, 0.4) is 0 Å². The third kappa shape index (κ3) is 4.65. The summed E-state index contributed by atoms with van der Waals surface area (Å²) in [5.41, 5.74) is 3.72. The van der Waals surface area contributed by atoms with E-state index < -0.39 is 0 Å². The zero-order chi connectivity index (χ0) is 16.1. The minimum Gasteiger partial charge on any atom is -0.382 e. The van der Waals surface area contributed by atoms with Crippen LogP contribution in [-0.2, 0) is 4.79 Å². The molecule has 2 N–H and O–H groups in total. The largest absolute Gasteiger partial charge is 0.382 e. The van der Waals surface area contributed by atoms with Crippen LogP contribution in [-0.4, -0.2) is 12.5 Å². The second kappa shape index (κ2) is 7.52. The Morgan fingerprint density at radius 2 is 1.64 bits per heavy atom. The van der Waals surface area contributed by atoms with Crippen molar-refractivity contribution in [2.75, 3.05) is 17.2 Å². The Kier molecular flexibility index (Phi) is 5.69. The lowest BCUT2D eigenvalue weighted by molar-refractivity contribution is -0.115. The average molecular weight is 337 g/mol. The van der Waals surface area contributed by atoms with Crippen molar-refractivity contribution >= 4 is 40.5 Å². The highest BCUT2D eigenvalue weighted by molar-refractivity contribution is 6.39. The molecule has 0 saturated heterocycles. The van der Waals surface area contributed by atoms with Gasteiger partial charge in [0.25, 0.3) is 0 Å². The number of carbonyl (C=O) groups excluding carboxylic acids is 1. The van der Waals surface area contributed by atoms with Gasteiger partial charge in [-0.1, -0.05) is 35.3 Å². The van der Waals surface area contributed by atoms with Crippen molar-refractivity contribution in [3.63, 3.8) is 0 Å². The summed E-state index contributed by atoms with van der Waals surface area (Å²) in [6.45, 7) is 4.47. The van der Waals surface area contributed by atoms with E-state index in [1.54, 1.807) is 18.2 Å². The third-order valence-electron chi connectivity index (χ3n) is 3.12. The number of carbonyl (C=O) groups is 1. The summed E-state index contributed by atoms with van der Waals surface area (Å²) < 4.78 is 0. The first-order valence-electron chi connectivity index (χ1n) is 7.02. The molecule has 0 radical (unpaired) electrons. The number of aryl methyl sites for hydroxylation is 2. The monoisotopic (exact) mass is 336 g/mol. The predicted molar refractivity (Wildman–Crippen MR) is 94.1 cm³/mol. The van der Waals surface area contributed by atoms with Crippen LogP contribution in [0.25, 0.3) is 0 Å². The van der Waals surface area contributed by atoms with E-state index in [0.717, 1.165) is 16.8 Å². The summed E-state index contributed by atoms with van der Waals surface area (Å²) >= 11 is 12.1. The van der Waals surface area contributed by atoms with Crippen molar-refractivity contribution in [2.24, 2.45) is 0 Å². The number of para-hydroxylation sites is 1. The van der Waals surface area contributed by atoms with Gasteiger partial charge in [-0.3, -0.25) is 4.79 Å².